The summed E-state index contributed by atoms with van der Waals surface area (Å²) in [5.74, 6) is 0.317. The molecule has 1 amide bonds. The third kappa shape index (κ3) is 3.42. The van der Waals surface area contributed by atoms with E-state index in [1.807, 2.05) is 0 Å². The van der Waals surface area contributed by atoms with E-state index in [0.717, 1.165) is 38.8 Å². The van der Waals surface area contributed by atoms with Crippen molar-refractivity contribution in [2.45, 2.75) is 51.2 Å². The summed E-state index contributed by atoms with van der Waals surface area (Å²) in [6.07, 6.45) is 4.24. The molecule has 0 aromatic carbocycles. The first-order chi connectivity index (χ1) is 8.09. The number of nitrogens with one attached hydrogen (secondary N) is 2. The molecule has 3 unspecified atom stereocenters. The minimum Gasteiger partial charge on any atom is -0.373 e. The van der Waals surface area contributed by atoms with Gasteiger partial charge in [0.25, 0.3) is 0 Å². The molecular formula is C13H24N2O2. The molecule has 4 heteroatoms. The molecule has 0 aliphatic carbocycles. The summed E-state index contributed by atoms with van der Waals surface area (Å²) in [5.41, 5.74) is -0.134. The fourth-order valence-electron chi connectivity index (χ4n) is 2.62. The highest BCUT2D eigenvalue weighted by molar-refractivity contribution is 5.79. The number of rotatable bonds is 3. The molecule has 2 fully saturated rings. The highest BCUT2D eigenvalue weighted by Gasteiger charge is 2.31. The maximum Gasteiger partial charge on any atom is 0.224 e. The molecule has 0 aromatic heterocycles. The molecule has 2 saturated heterocycles. The van der Waals surface area contributed by atoms with Crippen molar-refractivity contribution in [1.82, 2.24) is 10.6 Å². The van der Waals surface area contributed by atoms with Crippen molar-refractivity contribution >= 4 is 5.91 Å². The van der Waals surface area contributed by atoms with E-state index in [4.69, 9.17) is 4.74 Å². The standard InChI is InChI=1S/C13H24N2O2/c1-10-4-5-11(8-14-10)12(16)15-9-13(2)6-3-7-17-13/h10-11,14H,3-9H2,1-2H3,(H,15,16). The summed E-state index contributed by atoms with van der Waals surface area (Å²) in [6.45, 7) is 6.54. The van der Waals surface area contributed by atoms with Crippen LogP contribution in [0, 0.1) is 5.92 Å². The van der Waals surface area contributed by atoms with Crippen LogP contribution in [0.1, 0.15) is 39.5 Å². The number of hydrogen-bond acceptors (Lipinski definition) is 3. The monoisotopic (exact) mass is 240 g/mol. The Bertz CT molecular complexity index is 267. The Labute approximate surface area is 103 Å². The minimum atomic E-state index is -0.134. The second-order valence-corrected chi connectivity index (χ2v) is 5.70. The van der Waals surface area contributed by atoms with Gasteiger partial charge in [-0.2, -0.15) is 0 Å². The van der Waals surface area contributed by atoms with Crippen LogP contribution in [0.15, 0.2) is 0 Å². The molecule has 2 aliphatic rings. The van der Waals surface area contributed by atoms with E-state index < -0.39 is 0 Å². The van der Waals surface area contributed by atoms with Gasteiger partial charge in [-0.05, 0) is 39.5 Å². The van der Waals surface area contributed by atoms with Gasteiger partial charge in [0.15, 0.2) is 0 Å². The Morgan fingerprint density at radius 2 is 2.35 bits per heavy atom. The molecule has 17 heavy (non-hydrogen) atoms. The molecule has 0 saturated carbocycles. The van der Waals surface area contributed by atoms with Crippen LogP contribution in [0.5, 0.6) is 0 Å². The second-order valence-electron chi connectivity index (χ2n) is 5.70. The summed E-state index contributed by atoms with van der Waals surface area (Å²) in [7, 11) is 0. The van der Waals surface area contributed by atoms with Crippen molar-refractivity contribution in [2.24, 2.45) is 5.92 Å². The van der Waals surface area contributed by atoms with Crippen LogP contribution >= 0.6 is 0 Å². The lowest BCUT2D eigenvalue weighted by Crippen LogP contribution is -2.47. The Hall–Kier alpha value is -0.610. The van der Waals surface area contributed by atoms with Gasteiger partial charge in [-0.25, -0.2) is 0 Å². The lowest BCUT2D eigenvalue weighted by atomic mass is 9.94. The SMILES string of the molecule is CC1CCC(C(=O)NCC2(C)CCCO2)CN1. The molecule has 0 spiro atoms. The fraction of sp³-hybridized carbons (Fsp3) is 0.923. The largest absolute Gasteiger partial charge is 0.373 e. The maximum absolute atomic E-state index is 12.0. The van der Waals surface area contributed by atoms with Gasteiger partial charge in [0.2, 0.25) is 5.91 Å². The van der Waals surface area contributed by atoms with Gasteiger partial charge in [0, 0.05) is 25.7 Å². The van der Waals surface area contributed by atoms with E-state index in [9.17, 15) is 4.79 Å². The predicted molar refractivity (Wildman–Crippen MR) is 66.8 cm³/mol. The Kier molecular flexibility index (Phi) is 4.05. The molecular weight excluding hydrogens is 216 g/mol. The minimum absolute atomic E-state index is 0.134. The van der Waals surface area contributed by atoms with Gasteiger partial charge in [-0.1, -0.05) is 0 Å². The summed E-state index contributed by atoms with van der Waals surface area (Å²) in [5, 5.41) is 6.40. The summed E-state index contributed by atoms with van der Waals surface area (Å²) in [4.78, 5) is 12.0. The molecule has 3 atom stereocenters. The van der Waals surface area contributed by atoms with Gasteiger partial charge in [0.1, 0.15) is 0 Å². The smallest absolute Gasteiger partial charge is 0.224 e. The zero-order chi connectivity index (χ0) is 12.3. The molecule has 4 nitrogen and oxygen atoms in total. The first-order valence-corrected chi connectivity index (χ1v) is 6.74. The number of piperidine rings is 1. The third-order valence-corrected chi connectivity index (χ3v) is 3.97. The lowest BCUT2D eigenvalue weighted by molar-refractivity contribution is -0.126. The van der Waals surface area contributed by atoms with Gasteiger partial charge >= 0.3 is 0 Å². The zero-order valence-electron chi connectivity index (χ0n) is 10.9. The molecule has 2 heterocycles. The number of carbonyl (C=O) groups is 1. The predicted octanol–water partition coefficient (Wildman–Crippen LogP) is 1.06. The van der Waals surface area contributed by atoms with Crippen LogP contribution in [-0.4, -0.2) is 37.2 Å². The van der Waals surface area contributed by atoms with Gasteiger partial charge in [0.05, 0.1) is 11.5 Å². The van der Waals surface area contributed by atoms with Crippen LogP contribution in [-0.2, 0) is 9.53 Å². The molecule has 98 valence electrons. The number of ether oxygens (including phenoxy) is 1. The van der Waals surface area contributed by atoms with E-state index >= 15 is 0 Å². The van der Waals surface area contributed by atoms with Gasteiger partial charge in [-0.15, -0.1) is 0 Å². The van der Waals surface area contributed by atoms with Crippen molar-refractivity contribution in [2.75, 3.05) is 19.7 Å². The molecule has 0 aromatic rings. The highest BCUT2D eigenvalue weighted by atomic mass is 16.5. The van der Waals surface area contributed by atoms with Gasteiger partial charge in [-0.3, -0.25) is 4.79 Å². The number of carbonyl (C=O) groups excluding carboxylic acids is 1. The first-order valence-electron chi connectivity index (χ1n) is 6.74. The van der Waals surface area contributed by atoms with E-state index in [0.29, 0.717) is 12.6 Å². The molecule has 0 bridgehead atoms. The van der Waals surface area contributed by atoms with E-state index in [1.54, 1.807) is 0 Å². The first kappa shape index (κ1) is 12.8. The van der Waals surface area contributed by atoms with Gasteiger partial charge < -0.3 is 15.4 Å². The molecule has 2 aliphatic heterocycles. The summed E-state index contributed by atoms with van der Waals surface area (Å²) < 4.78 is 5.66. The quantitative estimate of drug-likeness (QED) is 0.775. The van der Waals surface area contributed by atoms with Crippen LogP contribution in [0.2, 0.25) is 0 Å². The summed E-state index contributed by atoms with van der Waals surface area (Å²) >= 11 is 0. The average molecular weight is 240 g/mol. The van der Waals surface area contributed by atoms with Crippen LogP contribution < -0.4 is 10.6 Å². The maximum atomic E-state index is 12.0. The van der Waals surface area contributed by atoms with Crippen molar-refractivity contribution in [1.29, 1.82) is 0 Å². The van der Waals surface area contributed by atoms with Crippen LogP contribution in [0.4, 0.5) is 0 Å². The number of amides is 1. The average Bonchev–Trinajstić information content (AvgIpc) is 2.75. The van der Waals surface area contributed by atoms with Crippen LogP contribution in [0.25, 0.3) is 0 Å². The zero-order valence-corrected chi connectivity index (χ0v) is 10.9. The Morgan fingerprint density at radius 1 is 1.53 bits per heavy atom. The van der Waals surface area contributed by atoms with Crippen molar-refractivity contribution in [3.63, 3.8) is 0 Å². The second kappa shape index (κ2) is 5.36. The number of hydrogen-bond donors (Lipinski definition) is 2. The normalized spacial score (nSPS) is 38.0. The molecule has 2 rings (SSSR count). The molecule has 0 radical (unpaired) electrons. The third-order valence-electron chi connectivity index (χ3n) is 3.97. The van der Waals surface area contributed by atoms with E-state index in [2.05, 4.69) is 24.5 Å². The summed E-state index contributed by atoms with van der Waals surface area (Å²) in [6, 6.07) is 0.551. The van der Waals surface area contributed by atoms with Crippen molar-refractivity contribution in [3.8, 4) is 0 Å². The van der Waals surface area contributed by atoms with Crippen molar-refractivity contribution in [3.05, 3.63) is 0 Å². The van der Waals surface area contributed by atoms with E-state index in [1.165, 1.54) is 0 Å². The Balaban J connectivity index is 1.73. The fourth-order valence-corrected chi connectivity index (χ4v) is 2.62. The topological polar surface area (TPSA) is 50.4 Å². The lowest BCUT2D eigenvalue weighted by Gasteiger charge is -2.29. The highest BCUT2D eigenvalue weighted by Crippen LogP contribution is 2.24. The van der Waals surface area contributed by atoms with Crippen molar-refractivity contribution < 1.29 is 9.53 Å². The Morgan fingerprint density at radius 3 is 2.94 bits per heavy atom. The van der Waals surface area contributed by atoms with Crippen LogP contribution in [0.3, 0.4) is 0 Å². The molecule has 2 N–H and O–H groups in total. The van der Waals surface area contributed by atoms with E-state index in [-0.39, 0.29) is 17.4 Å².